The number of fused-ring (bicyclic) bond motifs is 1. The molecule has 3 aromatic rings. The zero-order valence-electron chi connectivity index (χ0n) is 9.17. The number of thiazole rings is 1. The molecule has 0 saturated carbocycles. The van der Waals surface area contributed by atoms with Crippen molar-refractivity contribution >= 4 is 46.2 Å². The fraction of sp³-hybridized carbons (Fsp3) is 0.182. The molecule has 6 heteroatoms. The van der Waals surface area contributed by atoms with E-state index in [1.54, 1.807) is 22.7 Å². The second kappa shape index (κ2) is 4.20. The molecule has 0 amide bonds. The van der Waals surface area contributed by atoms with Crippen LogP contribution in [0.15, 0.2) is 18.2 Å². The Bertz CT molecular complexity index is 674. The zero-order chi connectivity index (χ0) is 11.8. The van der Waals surface area contributed by atoms with Gasteiger partial charge in [0.05, 0.1) is 16.6 Å². The summed E-state index contributed by atoms with van der Waals surface area (Å²) in [5.41, 5.74) is 1.78. The van der Waals surface area contributed by atoms with E-state index in [-0.39, 0.29) is 0 Å². The first-order valence-corrected chi connectivity index (χ1v) is 6.78. The van der Waals surface area contributed by atoms with Crippen LogP contribution < -0.4 is 5.46 Å². The molecular weight excluding hydrogens is 249 g/mol. The summed E-state index contributed by atoms with van der Waals surface area (Å²) in [5, 5.41) is 11.2. The van der Waals surface area contributed by atoms with Crippen LogP contribution in [0.5, 0.6) is 0 Å². The minimum Gasteiger partial charge on any atom is -0.241 e. The van der Waals surface area contributed by atoms with Gasteiger partial charge in [0.2, 0.25) is 0 Å². The fourth-order valence-electron chi connectivity index (χ4n) is 1.60. The average molecular weight is 257 g/mol. The summed E-state index contributed by atoms with van der Waals surface area (Å²) in [6.07, 6.45) is 0.755. The molecule has 82 valence electrons. The molecule has 0 bridgehead atoms. The Kier molecular flexibility index (Phi) is 2.68. The molecule has 0 spiro atoms. The molecule has 2 heterocycles. The highest BCUT2D eigenvalue weighted by Gasteiger charge is 2.07. The third-order valence-electron chi connectivity index (χ3n) is 2.33. The van der Waals surface area contributed by atoms with E-state index in [1.807, 2.05) is 25.1 Å². The third-order valence-corrected chi connectivity index (χ3v) is 4.18. The molecule has 2 radical (unpaired) electrons. The highest BCUT2D eigenvalue weighted by Crippen LogP contribution is 2.23. The first-order chi connectivity index (χ1) is 8.20. The Balaban J connectivity index is 1.95. The van der Waals surface area contributed by atoms with Crippen molar-refractivity contribution in [2.45, 2.75) is 13.3 Å². The number of nitrogens with zero attached hydrogens (tertiary/aromatic N) is 3. The second-order valence-electron chi connectivity index (χ2n) is 3.73. The lowest BCUT2D eigenvalue weighted by Gasteiger charge is -1.88. The van der Waals surface area contributed by atoms with Gasteiger partial charge in [0.25, 0.3) is 0 Å². The van der Waals surface area contributed by atoms with Gasteiger partial charge in [0, 0.05) is 0 Å². The van der Waals surface area contributed by atoms with E-state index in [4.69, 9.17) is 7.85 Å². The number of aryl methyl sites for hydroxylation is 1. The average Bonchev–Trinajstić information content (AvgIpc) is 2.84. The normalized spacial score (nSPS) is 11.1. The van der Waals surface area contributed by atoms with Gasteiger partial charge in [-0.2, -0.15) is 0 Å². The maximum atomic E-state index is 5.75. The summed E-state index contributed by atoms with van der Waals surface area (Å²) in [4.78, 5) is 4.56. The number of hydrogen-bond donors (Lipinski definition) is 0. The van der Waals surface area contributed by atoms with Crippen molar-refractivity contribution in [1.29, 1.82) is 0 Å². The van der Waals surface area contributed by atoms with Gasteiger partial charge in [0.15, 0.2) is 0 Å². The summed E-state index contributed by atoms with van der Waals surface area (Å²) in [6, 6.07) is 5.79. The molecular formula is C11H8BN3S2. The van der Waals surface area contributed by atoms with E-state index >= 15 is 0 Å². The molecule has 0 fully saturated rings. The SMILES string of the molecule is [B]c1ccc2nc(Cc3nnc(C)s3)sc2c1. The largest absolute Gasteiger partial charge is 0.241 e. The first-order valence-electron chi connectivity index (χ1n) is 5.14. The lowest BCUT2D eigenvalue weighted by atomic mass is 9.97. The molecule has 2 aromatic heterocycles. The van der Waals surface area contributed by atoms with Crippen LogP contribution in [0.2, 0.25) is 0 Å². The van der Waals surface area contributed by atoms with E-state index in [0.717, 1.165) is 37.1 Å². The Morgan fingerprint density at radius 1 is 1.18 bits per heavy atom. The molecule has 0 saturated heterocycles. The van der Waals surface area contributed by atoms with Crippen LogP contribution in [0.1, 0.15) is 15.0 Å². The monoisotopic (exact) mass is 257 g/mol. The lowest BCUT2D eigenvalue weighted by Crippen LogP contribution is -1.98. The summed E-state index contributed by atoms with van der Waals surface area (Å²) in [6.45, 7) is 1.96. The summed E-state index contributed by atoms with van der Waals surface area (Å²) >= 11 is 3.28. The van der Waals surface area contributed by atoms with Crippen LogP contribution in [-0.2, 0) is 6.42 Å². The maximum absolute atomic E-state index is 5.75. The van der Waals surface area contributed by atoms with E-state index in [0.29, 0.717) is 0 Å². The molecule has 3 rings (SSSR count). The van der Waals surface area contributed by atoms with Crippen molar-refractivity contribution in [3.63, 3.8) is 0 Å². The van der Waals surface area contributed by atoms with Gasteiger partial charge in [-0.1, -0.05) is 11.5 Å². The molecule has 0 aliphatic rings. The molecule has 0 N–H and O–H groups in total. The molecule has 0 unspecified atom stereocenters. The number of hydrogen-bond acceptors (Lipinski definition) is 5. The molecule has 0 atom stereocenters. The van der Waals surface area contributed by atoms with Gasteiger partial charge in [-0.05, 0) is 19.1 Å². The summed E-state index contributed by atoms with van der Waals surface area (Å²) < 4.78 is 1.13. The van der Waals surface area contributed by atoms with Crippen LogP contribution in [0.25, 0.3) is 10.2 Å². The molecule has 1 aromatic carbocycles. The highest BCUT2D eigenvalue weighted by molar-refractivity contribution is 7.18. The Morgan fingerprint density at radius 2 is 2.06 bits per heavy atom. The van der Waals surface area contributed by atoms with Crippen molar-refractivity contribution in [3.8, 4) is 0 Å². The minimum atomic E-state index is 0.755. The van der Waals surface area contributed by atoms with Gasteiger partial charge >= 0.3 is 0 Å². The number of rotatable bonds is 2. The van der Waals surface area contributed by atoms with Crippen molar-refractivity contribution in [3.05, 3.63) is 33.2 Å². The molecule has 0 aliphatic carbocycles. The highest BCUT2D eigenvalue weighted by atomic mass is 32.1. The van der Waals surface area contributed by atoms with Crippen LogP contribution in [0.4, 0.5) is 0 Å². The number of benzene rings is 1. The predicted octanol–water partition coefficient (Wildman–Crippen LogP) is 1.84. The predicted molar refractivity (Wildman–Crippen MR) is 72.5 cm³/mol. The Hall–Kier alpha value is -1.27. The van der Waals surface area contributed by atoms with E-state index < -0.39 is 0 Å². The van der Waals surface area contributed by atoms with E-state index in [1.165, 1.54) is 0 Å². The molecule has 17 heavy (non-hydrogen) atoms. The van der Waals surface area contributed by atoms with Gasteiger partial charge in [0.1, 0.15) is 22.9 Å². The minimum absolute atomic E-state index is 0.755. The zero-order valence-corrected chi connectivity index (χ0v) is 10.8. The van der Waals surface area contributed by atoms with Gasteiger partial charge in [-0.3, -0.25) is 0 Å². The number of aromatic nitrogens is 3. The second-order valence-corrected chi connectivity index (χ2v) is 6.11. The third kappa shape index (κ3) is 2.23. The Morgan fingerprint density at radius 3 is 2.82 bits per heavy atom. The fourth-order valence-corrected chi connectivity index (χ4v) is 3.43. The standard InChI is InChI=1S/C11H8BN3S2/c1-6-14-15-11(16-6)5-10-13-8-3-2-7(12)4-9(8)17-10/h2-4H,5H2,1H3. The summed E-state index contributed by atoms with van der Waals surface area (Å²) in [5.74, 6) is 0. The van der Waals surface area contributed by atoms with Gasteiger partial charge in [-0.15, -0.1) is 32.9 Å². The van der Waals surface area contributed by atoms with Gasteiger partial charge < -0.3 is 0 Å². The van der Waals surface area contributed by atoms with Crippen LogP contribution in [0, 0.1) is 6.92 Å². The van der Waals surface area contributed by atoms with Crippen molar-refractivity contribution in [2.75, 3.05) is 0 Å². The summed E-state index contributed by atoms with van der Waals surface area (Å²) in [7, 11) is 5.75. The Labute approximate surface area is 108 Å². The quantitative estimate of drug-likeness (QED) is 0.657. The van der Waals surface area contributed by atoms with E-state index in [9.17, 15) is 0 Å². The lowest BCUT2D eigenvalue weighted by molar-refractivity contribution is 0.977. The molecule has 0 aliphatic heterocycles. The van der Waals surface area contributed by atoms with Crippen molar-refractivity contribution in [1.82, 2.24) is 15.2 Å². The van der Waals surface area contributed by atoms with Crippen LogP contribution in [-0.4, -0.2) is 23.0 Å². The van der Waals surface area contributed by atoms with Gasteiger partial charge in [-0.25, -0.2) is 4.98 Å². The van der Waals surface area contributed by atoms with Crippen LogP contribution in [0.3, 0.4) is 0 Å². The first kappa shape index (κ1) is 10.9. The molecule has 3 nitrogen and oxygen atoms in total. The van der Waals surface area contributed by atoms with Crippen LogP contribution >= 0.6 is 22.7 Å². The topological polar surface area (TPSA) is 38.7 Å². The van der Waals surface area contributed by atoms with Crippen molar-refractivity contribution in [2.24, 2.45) is 0 Å². The maximum Gasteiger partial charge on any atom is 0.124 e. The smallest absolute Gasteiger partial charge is 0.124 e. The van der Waals surface area contributed by atoms with Crippen molar-refractivity contribution < 1.29 is 0 Å². The van der Waals surface area contributed by atoms with E-state index in [2.05, 4.69) is 15.2 Å².